The molecule has 1 saturated heterocycles. The summed E-state index contributed by atoms with van der Waals surface area (Å²) in [6.45, 7) is 3.20. The zero-order chi connectivity index (χ0) is 20.9. The van der Waals surface area contributed by atoms with Gasteiger partial charge in [0.05, 0.1) is 19.4 Å². The first-order valence-corrected chi connectivity index (χ1v) is 11.1. The Morgan fingerprint density at radius 3 is 2.59 bits per heavy atom. The molecule has 1 aliphatic heterocycles. The Bertz CT molecular complexity index is 983. The molecule has 2 aromatic rings. The van der Waals surface area contributed by atoms with Crippen LogP contribution >= 0.6 is 0 Å². The van der Waals surface area contributed by atoms with Crippen molar-refractivity contribution >= 4 is 21.9 Å². The van der Waals surface area contributed by atoms with E-state index in [0.29, 0.717) is 42.4 Å². The minimum absolute atomic E-state index is 0.0571. The zero-order valence-corrected chi connectivity index (χ0v) is 17.5. The molecule has 0 bridgehead atoms. The average molecular weight is 419 g/mol. The molecule has 1 N–H and O–H groups in total. The monoisotopic (exact) mass is 418 g/mol. The minimum Gasteiger partial charge on any atom is -0.507 e. The summed E-state index contributed by atoms with van der Waals surface area (Å²) < 4.78 is 38.6. The van der Waals surface area contributed by atoms with Crippen molar-refractivity contribution in [1.29, 1.82) is 0 Å². The standard InChI is InChI=1S/C21H26N2O5S/c1-3-28-20-10-7-17(22-15-16-13-18(27-2)8-9-19(16)24)14-21(20)29(25,26)23-11-5-4-6-12-23/h7-10,13-15,24H,3-6,11-12H2,1-2H3. The lowest BCUT2D eigenvalue weighted by atomic mass is 10.2. The number of sulfonamides is 1. The second kappa shape index (κ2) is 9.28. The maximum Gasteiger partial charge on any atom is 0.246 e. The number of nitrogens with zero attached hydrogens (tertiary/aromatic N) is 2. The van der Waals surface area contributed by atoms with Gasteiger partial charge in [-0.3, -0.25) is 4.99 Å². The van der Waals surface area contributed by atoms with Gasteiger partial charge in [0.2, 0.25) is 10.0 Å². The van der Waals surface area contributed by atoms with Gasteiger partial charge in [0.25, 0.3) is 0 Å². The first-order chi connectivity index (χ1) is 14.0. The maximum absolute atomic E-state index is 13.2. The molecule has 3 rings (SSSR count). The van der Waals surface area contributed by atoms with E-state index in [4.69, 9.17) is 9.47 Å². The third-order valence-corrected chi connectivity index (χ3v) is 6.67. The van der Waals surface area contributed by atoms with Crippen LogP contribution in [0.4, 0.5) is 5.69 Å². The predicted molar refractivity (Wildman–Crippen MR) is 112 cm³/mol. The summed E-state index contributed by atoms with van der Waals surface area (Å²) in [5.41, 5.74) is 0.921. The number of ether oxygens (including phenoxy) is 2. The number of aliphatic imine (C=N–C) groups is 1. The summed E-state index contributed by atoms with van der Waals surface area (Å²) >= 11 is 0. The van der Waals surface area contributed by atoms with Crippen molar-refractivity contribution in [3.05, 3.63) is 42.0 Å². The highest BCUT2D eigenvalue weighted by atomic mass is 32.2. The van der Waals surface area contributed by atoms with Gasteiger partial charge in [-0.2, -0.15) is 4.31 Å². The number of benzene rings is 2. The summed E-state index contributed by atoms with van der Waals surface area (Å²) in [6, 6.07) is 9.64. The number of piperidine rings is 1. The maximum atomic E-state index is 13.2. The molecule has 0 atom stereocenters. The van der Waals surface area contributed by atoms with Crippen LogP contribution in [0.2, 0.25) is 0 Å². The normalized spacial score (nSPS) is 15.5. The van der Waals surface area contributed by atoms with Crippen LogP contribution in [-0.4, -0.2) is 50.9 Å². The molecule has 1 aliphatic rings. The number of rotatable bonds is 7. The van der Waals surface area contributed by atoms with E-state index in [1.54, 1.807) is 24.3 Å². The van der Waals surface area contributed by atoms with Gasteiger partial charge in [0.15, 0.2) is 0 Å². The Morgan fingerprint density at radius 1 is 1.14 bits per heavy atom. The highest BCUT2D eigenvalue weighted by Gasteiger charge is 2.29. The third kappa shape index (κ3) is 4.89. The van der Waals surface area contributed by atoms with Gasteiger partial charge in [-0.1, -0.05) is 6.42 Å². The van der Waals surface area contributed by atoms with E-state index in [1.807, 2.05) is 6.92 Å². The van der Waals surface area contributed by atoms with E-state index in [-0.39, 0.29) is 10.6 Å². The van der Waals surface area contributed by atoms with Crippen LogP contribution in [0.25, 0.3) is 0 Å². The number of phenols is 1. The van der Waals surface area contributed by atoms with Crippen molar-refractivity contribution in [2.75, 3.05) is 26.8 Å². The van der Waals surface area contributed by atoms with Gasteiger partial charge >= 0.3 is 0 Å². The molecule has 8 heteroatoms. The highest BCUT2D eigenvalue weighted by Crippen LogP contribution is 2.32. The van der Waals surface area contributed by atoms with Crippen LogP contribution in [0.5, 0.6) is 17.2 Å². The molecule has 0 spiro atoms. The third-order valence-electron chi connectivity index (χ3n) is 4.75. The molecule has 0 aliphatic carbocycles. The van der Waals surface area contributed by atoms with E-state index >= 15 is 0 Å². The Balaban J connectivity index is 1.96. The molecule has 0 unspecified atom stereocenters. The Morgan fingerprint density at radius 2 is 1.90 bits per heavy atom. The van der Waals surface area contributed by atoms with Gasteiger partial charge in [0.1, 0.15) is 22.1 Å². The predicted octanol–water partition coefficient (Wildman–Crippen LogP) is 3.72. The van der Waals surface area contributed by atoms with Crippen molar-refractivity contribution in [3.8, 4) is 17.2 Å². The van der Waals surface area contributed by atoms with Crippen molar-refractivity contribution in [3.63, 3.8) is 0 Å². The lowest BCUT2D eigenvalue weighted by molar-refractivity contribution is 0.323. The molecule has 156 valence electrons. The highest BCUT2D eigenvalue weighted by molar-refractivity contribution is 7.89. The molecule has 0 saturated carbocycles. The van der Waals surface area contributed by atoms with Gasteiger partial charge in [0, 0.05) is 24.9 Å². The van der Waals surface area contributed by atoms with Gasteiger partial charge < -0.3 is 14.6 Å². The summed E-state index contributed by atoms with van der Waals surface area (Å²) in [5.74, 6) is 0.965. The number of hydrogen-bond acceptors (Lipinski definition) is 6. The van der Waals surface area contributed by atoms with Gasteiger partial charge in [-0.15, -0.1) is 0 Å². The molecule has 0 aromatic heterocycles. The first-order valence-electron chi connectivity index (χ1n) is 9.63. The van der Waals surface area contributed by atoms with Crippen LogP contribution in [-0.2, 0) is 10.0 Å². The molecule has 1 fully saturated rings. The van der Waals surface area contributed by atoms with Crippen LogP contribution in [0.15, 0.2) is 46.3 Å². The van der Waals surface area contributed by atoms with Crippen LogP contribution in [0.3, 0.4) is 0 Å². The summed E-state index contributed by atoms with van der Waals surface area (Å²) in [6.07, 6.45) is 4.23. The Hall–Kier alpha value is -2.58. The smallest absolute Gasteiger partial charge is 0.246 e. The molecule has 0 radical (unpaired) electrons. The van der Waals surface area contributed by atoms with Crippen molar-refractivity contribution in [1.82, 2.24) is 4.31 Å². The first kappa shape index (κ1) is 21.1. The van der Waals surface area contributed by atoms with Gasteiger partial charge in [-0.05, 0) is 56.2 Å². The molecule has 1 heterocycles. The summed E-state index contributed by atoms with van der Waals surface area (Å²) in [5, 5.41) is 10.0. The Kier molecular flexibility index (Phi) is 6.76. The number of phenolic OH excluding ortho intramolecular Hbond substituents is 1. The molecule has 0 amide bonds. The van der Waals surface area contributed by atoms with Crippen LogP contribution in [0, 0.1) is 0 Å². The van der Waals surface area contributed by atoms with Gasteiger partial charge in [-0.25, -0.2) is 8.42 Å². The van der Waals surface area contributed by atoms with Crippen molar-refractivity contribution < 1.29 is 23.0 Å². The van der Waals surface area contributed by atoms with E-state index in [1.165, 1.54) is 29.8 Å². The second-order valence-corrected chi connectivity index (χ2v) is 8.62. The number of aromatic hydroxyl groups is 1. The lowest BCUT2D eigenvalue weighted by Gasteiger charge is -2.26. The van der Waals surface area contributed by atoms with Crippen LogP contribution in [0.1, 0.15) is 31.7 Å². The number of methoxy groups -OCH3 is 1. The zero-order valence-electron chi connectivity index (χ0n) is 16.7. The molecule has 29 heavy (non-hydrogen) atoms. The van der Waals surface area contributed by atoms with Crippen LogP contribution < -0.4 is 9.47 Å². The molecular formula is C21H26N2O5S. The minimum atomic E-state index is -3.67. The molecule has 7 nitrogen and oxygen atoms in total. The van der Waals surface area contributed by atoms with E-state index in [2.05, 4.69) is 4.99 Å². The molecular weight excluding hydrogens is 392 g/mol. The SMILES string of the molecule is CCOc1ccc(N=Cc2cc(OC)ccc2O)cc1S(=O)(=O)N1CCCCC1. The fourth-order valence-corrected chi connectivity index (χ4v) is 4.87. The van der Waals surface area contributed by atoms with Crippen molar-refractivity contribution in [2.24, 2.45) is 4.99 Å². The largest absolute Gasteiger partial charge is 0.507 e. The van der Waals surface area contributed by atoms with Crippen molar-refractivity contribution in [2.45, 2.75) is 31.1 Å². The number of hydrogen-bond donors (Lipinski definition) is 1. The second-order valence-electron chi connectivity index (χ2n) is 6.71. The quantitative estimate of drug-likeness (QED) is 0.692. The summed E-state index contributed by atoms with van der Waals surface area (Å²) in [7, 11) is -2.13. The average Bonchev–Trinajstić information content (AvgIpc) is 2.74. The lowest BCUT2D eigenvalue weighted by Crippen LogP contribution is -2.35. The summed E-state index contributed by atoms with van der Waals surface area (Å²) in [4.78, 5) is 4.47. The molecule has 2 aromatic carbocycles. The fourth-order valence-electron chi connectivity index (χ4n) is 3.20. The van der Waals surface area contributed by atoms with E-state index < -0.39 is 10.0 Å². The fraction of sp³-hybridized carbons (Fsp3) is 0.381. The van der Waals surface area contributed by atoms with E-state index in [9.17, 15) is 13.5 Å². The van der Waals surface area contributed by atoms with E-state index in [0.717, 1.165) is 19.3 Å². The topological polar surface area (TPSA) is 88.4 Å². The Labute approximate surface area is 171 Å².